The van der Waals surface area contributed by atoms with Crippen molar-refractivity contribution in [2.24, 2.45) is 11.8 Å². The summed E-state index contributed by atoms with van der Waals surface area (Å²) in [4.78, 5) is 38.7. The zero-order valence-corrected chi connectivity index (χ0v) is 15.6. The van der Waals surface area contributed by atoms with E-state index in [0.717, 1.165) is 5.56 Å². The molecule has 1 aliphatic carbocycles. The Morgan fingerprint density at radius 3 is 2.07 bits per heavy atom. The maximum Gasteiger partial charge on any atom is 0.238 e. The Morgan fingerprint density at radius 1 is 0.929 bits per heavy atom. The normalized spacial score (nSPS) is 21.0. The van der Waals surface area contributed by atoms with Crippen molar-refractivity contribution in [1.82, 2.24) is 0 Å². The van der Waals surface area contributed by atoms with Crippen molar-refractivity contribution in [1.29, 1.82) is 0 Å². The Hall–Kier alpha value is -3.21. The fraction of sp³-hybridized carbons (Fsp3) is 0.261. The fourth-order valence-electron chi connectivity index (χ4n) is 3.72. The van der Waals surface area contributed by atoms with Crippen LogP contribution in [0.1, 0.15) is 28.8 Å². The molecule has 0 saturated carbocycles. The van der Waals surface area contributed by atoms with E-state index in [4.69, 9.17) is 4.74 Å². The molecule has 5 nitrogen and oxygen atoms in total. The number of ether oxygens (including phenoxy) is 1. The highest BCUT2D eigenvalue weighted by Gasteiger charge is 2.47. The minimum Gasteiger partial charge on any atom is -0.485 e. The van der Waals surface area contributed by atoms with Gasteiger partial charge in [0.25, 0.3) is 0 Å². The van der Waals surface area contributed by atoms with Gasteiger partial charge in [-0.2, -0.15) is 0 Å². The smallest absolute Gasteiger partial charge is 0.238 e. The number of Topliss-reactive ketones (excluding diaryl/α,β-unsaturated/α-hetero) is 1. The molecule has 28 heavy (non-hydrogen) atoms. The number of amides is 2. The number of nitrogens with zero attached hydrogens (tertiary/aromatic N) is 1. The summed E-state index contributed by atoms with van der Waals surface area (Å²) in [5, 5.41) is 0. The first-order valence-corrected chi connectivity index (χ1v) is 9.40. The Morgan fingerprint density at radius 2 is 1.50 bits per heavy atom. The third-order valence-corrected chi connectivity index (χ3v) is 5.35. The van der Waals surface area contributed by atoms with Crippen LogP contribution >= 0.6 is 0 Å². The molecule has 0 unspecified atom stereocenters. The lowest BCUT2D eigenvalue weighted by molar-refractivity contribution is -0.122. The number of ketones is 1. The van der Waals surface area contributed by atoms with Gasteiger partial charge >= 0.3 is 0 Å². The first-order valence-electron chi connectivity index (χ1n) is 9.40. The SMILES string of the molecule is Cc1ccc(C(=O)COc2ccc(N3C(=O)[C@H]4CC=CC[C@@H]4C3=O)cc2)cc1. The highest BCUT2D eigenvalue weighted by molar-refractivity contribution is 6.22. The zero-order chi connectivity index (χ0) is 19.7. The van der Waals surface area contributed by atoms with E-state index in [1.165, 1.54) is 4.90 Å². The molecule has 142 valence electrons. The molecule has 1 heterocycles. The molecule has 5 heteroatoms. The minimum atomic E-state index is -0.249. The maximum absolute atomic E-state index is 12.6. The quantitative estimate of drug-likeness (QED) is 0.454. The summed E-state index contributed by atoms with van der Waals surface area (Å²) in [5.41, 5.74) is 2.24. The van der Waals surface area contributed by atoms with Crippen LogP contribution in [0.25, 0.3) is 0 Å². The predicted molar refractivity (Wildman–Crippen MR) is 105 cm³/mol. The van der Waals surface area contributed by atoms with Gasteiger partial charge in [0.2, 0.25) is 11.8 Å². The Kier molecular flexibility index (Phi) is 4.82. The molecule has 2 atom stereocenters. The van der Waals surface area contributed by atoms with Crippen molar-refractivity contribution in [3.05, 3.63) is 71.8 Å². The van der Waals surface area contributed by atoms with Gasteiger partial charge in [0.1, 0.15) is 5.75 Å². The van der Waals surface area contributed by atoms with E-state index < -0.39 is 0 Å². The summed E-state index contributed by atoms with van der Waals surface area (Å²) in [5.74, 6) is -0.362. The fourth-order valence-corrected chi connectivity index (χ4v) is 3.72. The van der Waals surface area contributed by atoms with Gasteiger partial charge in [0, 0.05) is 5.56 Å². The summed E-state index contributed by atoms with van der Waals surface area (Å²) >= 11 is 0. The average Bonchev–Trinajstić information content (AvgIpc) is 2.98. The Balaban J connectivity index is 1.41. The van der Waals surface area contributed by atoms with Gasteiger partial charge in [0.15, 0.2) is 12.4 Å². The number of rotatable bonds is 5. The van der Waals surface area contributed by atoms with Gasteiger partial charge in [-0.15, -0.1) is 0 Å². The van der Waals surface area contributed by atoms with Crippen LogP contribution in [0.2, 0.25) is 0 Å². The van der Waals surface area contributed by atoms with E-state index >= 15 is 0 Å². The second-order valence-electron chi connectivity index (χ2n) is 7.24. The van der Waals surface area contributed by atoms with Gasteiger partial charge in [-0.05, 0) is 44.0 Å². The Bertz CT molecular complexity index is 918. The number of anilines is 1. The predicted octanol–water partition coefficient (Wildman–Crippen LogP) is 3.71. The van der Waals surface area contributed by atoms with E-state index in [-0.39, 0.29) is 36.0 Å². The first-order chi connectivity index (χ1) is 13.5. The molecule has 0 aromatic heterocycles. The topological polar surface area (TPSA) is 63.7 Å². The van der Waals surface area contributed by atoms with Crippen LogP contribution in [-0.4, -0.2) is 24.2 Å². The molecular formula is C23H21NO4. The van der Waals surface area contributed by atoms with E-state index in [1.807, 2.05) is 31.2 Å². The third-order valence-electron chi connectivity index (χ3n) is 5.35. The van der Waals surface area contributed by atoms with Crippen LogP contribution in [0.3, 0.4) is 0 Å². The molecule has 0 radical (unpaired) electrons. The molecule has 1 fully saturated rings. The van der Waals surface area contributed by atoms with Crippen molar-refractivity contribution in [3.8, 4) is 5.75 Å². The largest absolute Gasteiger partial charge is 0.485 e. The van der Waals surface area contributed by atoms with Crippen LogP contribution in [0.4, 0.5) is 5.69 Å². The molecule has 2 aliphatic rings. The van der Waals surface area contributed by atoms with Crippen LogP contribution in [-0.2, 0) is 9.59 Å². The molecule has 2 aromatic carbocycles. The van der Waals surface area contributed by atoms with Crippen molar-refractivity contribution in [3.63, 3.8) is 0 Å². The van der Waals surface area contributed by atoms with Gasteiger partial charge in [-0.25, -0.2) is 0 Å². The number of aryl methyl sites for hydroxylation is 1. The third kappa shape index (κ3) is 3.36. The number of allylic oxidation sites excluding steroid dienone is 2. The molecule has 2 aromatic rings. The molecule has 0 spiro atoms. The summed E-state index contributed by atoms with van der Waals surface area (Å²) in [6.07, 6.45) is 5.18. The highest BCUT2D eigenvalue weighted by atomic mass is 16.5. The lowest BCUT2D eigenvalue weighted by Crippen LogP contribution is -2.30. The number of imide groups is 1. The highest BCUT2D eigenvalue weighted by Crippen LogP contribution is 2.37. The second-order valence-corrected chi connectivity index (χ2v) is 7.24. The average molecular weight is 375 g/mol. The standard InChI is InChI=1S/C23H21NO4/c1-15-6-8-16(9-7-15)21(25)14-28-18-12-10-17(11-13-18)24-22(26)19-4-2-3-5-20(19)23(24)27/h2-3,6-13,19-20H,4-5,14H2,1H3/t19-,20-/m0/s1. The van der Waals surface area contributed by atoms with Gasteiger partial charge < -0.3 is 4.74 Å². The summed E-state index contributed by atoms with van der Waals surface area (Å²) in [7, 11) is 0. The molecular weight excluding hydrogens is 354 g/mol. The summed E-state index contributed by atoms with van der Waals surface area (Å²) in [6, 6.07) is 14.1. The van der Waals surface area contributed by atoms with Crippen molar-refractivity contribution >= 4 is 23.3 Å². The first kappa shape index (κ1) is 18.2. The number of carbonyl (C=O) groups is 3. The molecule has 4 rings (SSSR count). The number of hydrogen-bond donors (Lipinski definition) is 0. The van der Waals surface area contributed by atoms with Crippen molar-refractivity contribution in [2.45, 2.75) is 19.8 Å². The van der Waals surface area contributed by atoms with Crippen molar-refractivity contribution in [2.75, 3.05) is 11.5 Å². The molecule has 0 bridgehead atoms. The summed E-state index contributed by atoms with van der Waals surface area (Å²) in [6.45, 7) is 1.90. The number of hydrogen-bond acceptors (Lipinski definition) is 4. The van der Waals surface area contributed by atoms with E-state index in [2.05, 4.69) is 0 Å². The van der Waals surface area contributed by atoms with Crippen LogP contribution < -0.4 is 9.64 Å². The lowest BCUT2D eigenvalue weighted by atomic mass is 9.85. The molecule has 1 aliphatic heterocycles. The number of benzene rings is 2. The molecule has 0 N–H and O–H groups in total. The van der Waals surface area contributed by atoms with Crippen LogP contribution in [0.15, 0.2) is 60.7 Å². The van der Waals surface area contributed by atoms with Crippen LogP contribution in [0, 0.1) is 18.8 Å². The van der Waals surface area contributed by atoms with Gasteiger partial charge in [0.05, 0.1) is 17.5 Å². The zero-order valence-electron chi connectivity index (χ0n) is 15.6. The maximum atomic E-state index is 12.6. The molecule has 2 amide bonds. The van der Waals surface area contributed by atoms with Crippen molar-refractivity contribution < 1.29 is 19.1 Å². The van der Waals surface area contributed by atoms with Gasteiger partial charge in [-0.1, -0.05) is 42.0 Å². The number of carbonyl (C=O) groups excluding carboxylic acids is 3. The lowest BCUT2D eigenvalue weighted by Gasteiger charge is -2.15. The molecule has 1 saturated heterocycles. The Labute approximate surface area is 163 Å². The monoisotopic (exact) mass is 375 g/mol. The second kappa shape index (κ2) is 7.43. The minimum absolute atomic E-state index is 0.0696. The summed E-state index contributed by atoms with van der Waals surface area (Å²) < 4.78 is 5.57. The van der Waals surface area contributed by atoms with E-state index in [1.54, 1.807) is 36.4 Å². The van der Waals surface area contributed by atoms with E-state index in [0.29, 0.717) is 29.8 Å². The van der Waals surface area contributed by atoms with Crippen LogP contribution in [0.5, 0.6) is 5.75 Å². The number of fused-ring (bicyclic) bond motifs is 1. The van der Waals surface area contributed by atoms with Gasteiger partial charge in [-0.3, -0.25) is 19.3 Å². The van der Waals surface area contributed by atoms with E-state index in [9.17, 15) is 14.4 Å².